The Kier molecular flexibility index (Phi) is 5.96. The molecule has 0 radical (unpaired) electrons. The third-order valence-corrected chi connectivity index (χ3v) is 8.47. The van der Waals surface area contributed by atoms with Crippen molar-refractivity contribution in [3.8, 4) is 0 Å². The molecule has 4 aliphatic rings. The van der Waals surface area contributed by atoms with Gasteiger partial charge in [-0.15, -0.1) is 11.8 Å². The largest absolute Gasteiger partial charge is 0.477 e. The molecule has 4 aliphatic heterocycles. The highest BCUT2D eigenvalue weighted by Gasteiger charge is 2.60. The number of piperidine rings is 1. The van der Waals surface area contributed by atoms with Crippen molar-refractivity contribution >= 4 is 23.6 Å². The molecule has 6 unspecified atom stereocenters. The van der Waals surface area contributed by atoms with Crippen molar-refractivity contribution in [1.29, 1.82) is 0 Å². The lowest BCUT2D eigenvalue weighted by Gasteiger charge is -2.46. The van der Waals surface area contributed by atoms with Gasteiger partial charge in [-0.25, -0.2) is 4.79 Å². The number of rotatable bonds is 6. The number of aliphatic hydroxyl groups is 2. The summed E-state index contributed by atoms with van der Waals surface area (Å²) in [5.74, 6) is -1.79. The topological polar surface area (TPSA) is 122 Å². The smallest absolute Gasteiger partial charge is 0.353 e. The number of carboxylic acid groups (broad SMARTS) is 1. The lowest BCUT2D eigenvalue weighted by molar-refractivity contribution is -0.163. The van der Waals surface area contributed by atoms with Gasteiger partial charge in [-0.1, -0.05) is 6.92 Å². The van der Waals surface area contributed by atoms with Gasteiger partial charge in [0.1, 0.15) is 5.70 Å². The van der Waals surface area contributed by atoms with Crippen molar-refractivity contribution in [3.05, 3.63) is 10.6 Å². The van der Waals surface area contributed by atoms with Crippen LogP contribution in [0.2, 0.25) is 0 Å². The minimum Gasteiger partial charge on any atom is -0.477 e. The maximum atomic E-state index is 12.5. The first-order chi connectivity index (χ1) is 13.8. The molecule has 29 heavy (non-hydrogen) atoms. The van der Waals surface area contributed by atoms with Gasteiger partial charge in [0, 0.05) is 35.2 Å². The molecule has 0 aromatic carbocycles. The van der Waals surface area contributed by atoms with Crippen LogP contribution in [0.25, 0.3) is 0 Å². The molecule has 4 heterocycles. The standard InChI is InChI=1S/C20H31N3O5S/c1-9-15-14(10(2)24)19(26)23(15)16(20(27)28)18(9)29-12-6-13(22-8-12)17(25)11-4-3-5-21-7-11/h9-15,17,21-22,24-25H,3-8H2,1-2H3,(H,27,28)/t9-,10?,11?,12?,13+,14?,15?,17?/m1/s1. The van der Waals surface area contributed by atoms with Crippen LogP contribution < -0.4 is 10.6 Å². The molecule has 162 valence electrons. The summed E-state index contributed by atoms with van der Waals surface area (Å²) in [6.45, 7) is 6.08. The molecule has 8 atom stereocenters. The van der Waals surface area contributed by atoms with E-state index in [9.17, 15) is 24.9 Å². The van der Waals surface area contributed by atoms with E-state index >= 15 is 0 Å². The summed E-state index contributed by atoms with van der Waals surface area (Å²) in [5, 5.41) is 37.4. The molecular weight excluding hydrogens is 394 g/mol. The van der Waals surface area contributed by atoms with E-state index in [0.29, 0.717) is 6.54 Å². The minimum absolute atomic E-state index is 0.00635. The second-order valence-corrected chi connectivity index (χ2v) is 10.2. The minimum atomic E-state index is -1.09. The van der Waals surface area contributed by atoms with Crippen molar-refractivity contribution in [2.24, 2.45) is 17.8 Å². The van der Waals surface area contributed by atoms with Crippen LogP contribution >= 0.6 is 11.8 Å². The Balaban J connectivity index is 1.45. The van der Waals surface area contributed by atoms with Crippen LogP contribution in [0.3, 0.4) is 0 Å². The number of hydrogen-bond donors (Lipinski definition) is 5. The Labute approximate surface area is 175 Å². The van der Waals surface area contributed by atoms with Gasteiger partial charge >= 0.3 is 5.97 Å². The normalized spacial score (nSPS) is 39.3. The molecule has 9 heteroatoms. The highest BCUT2D eigenvalue weighted by Crippen LogP contribution is 2.51. The van der Waals surface area contributed by atoms with Crippen LogP contribution in [0.4, 0.5) is 0 Å². The van der Waals surface area contributed by atoms with Gasteiger partial charge in [-0.3, -0.25) is 4.79 Å². The third-order valence-electron chi connectivity index (χ3n) is 6.96. The zero-order chi connectivity index (χ0) is 20.9. The summed E-state index contributed by atoms with van der Waals surface area (Å²) < 4.78 is 0. The fourth-order valence-electron chi connectivity index (χ4n) is 5.44. The maximum Gasteiger partial charge on any atom is 0.353 e. The number of nitrogens with one attached hydrogen (secondary N) is 2. The Morgan fingerprint density at radius 2 is 2.07 bits per heavy atom. The first kappa shape index (κ1) is 21.1. The molecule has 0 aromatic heterocycles. The fourth-order valence-corrected chi connectivity index (χ4v) is 6.93. The Morgan fingerprint density at radius 1 is 1.31 bits per heavy atom. The summed E-state index contributed by atoms with van der Waals surface area (Å²) in [4.78, 5) is 26.5. The number of carbonyl (C=O) groups is 2. The molecule has 0 saturated carbocycles. The van der Waals surface area contributed by atoms with E-state index in [4.69, 9.17) is 0 Å². The second-order valence-electron chi connectivity index (χ2n) is 8.86. The number of thioether (sulfide) groups is 1. The number of fused-ring (bicyclic) bond motifs is 1. The highest BCUT2D eigenvalue weighted by atomic mass is 32.2. The Hall–Kier alpha value is -1.13. The molecule has 0 bridgehead atoms. The van der Waals surface area contributed by atoms with Crippen LogP contribution in [0.15, 0.2) is 10.6 Å². The Morgan fingerprint density at radius 3 is 2.69 bits per heavy atom. The first-order valence-corrected chi connectivity index (χ1v) is 11.5. The molecule has 0 aromatic rings. The Bertz CT molecular complexity index is 708. The number of carbonyl (C=O) groups excluding carboxylic acids is 1. The summed E-state index contributed by atoms with van der Waals surface area (Å²) in [5.41, 5.74) is 0.0786. The number of β-lactam (4-membered cyclic amide) rings is 1. The number of nitrogens with zero attached hydrogens (tertiary/aromatic N) is 1. The van der Waals surface area contributed by atoms with Crippen LogP contribution in [0.5, 0.6) is 0 Å². The van der Waals surface area contributed by atoms with Gasteiger partial charge in [0.15, 0.2) is 0 Å². The van der Waals surface area contributed by atoms with Crippen LogP contribution in [0, 0.1) is 17.8 Å². The number of carboxylic acids is 1. The second kappa shape index (κ2) is 8.19. The molecule has 3 saturated heterocycles. The van der Waals surface area contributed by atoms with E-state index in [0.717, 1.165) is 37.3 Å². The molecule has 1 amide bonds. The molecule has 5 N–H and O–H groups in total. The average Bonchev–Trinajstić information content (AvgIpc) is 3.24. The van der Waals surface area contributed by atoms with Gasteiger partial charge < -0.3 is 30.9 Å². The van der Waals surface area contributed by atoms with Crippen molar-refractivity contribution in [2.75, 3.05) is 19.6 Å². The number of amides is 1. The summed E-state index contributed by atoms with van der Waals surface area (Å²) in [7, 11) is 0. The summed E-state index contributed by atoms with van der Waals surface area (Å²) in [6, 6.07) is -0.271. The van der Waals surface area contributed by atoms with Gasteiger partial charge in [-0.05, 0) is 38.6 Å². The SMILES string of the molecule is CC(O)C1C(=O)N2C(C(=O)O)=C(SC3CN[C@H](C(O)C4CCCNC4)C3)[C@H](C)C12. The quantitative estimate of drug-likeness (QED) is 0.376. The van der Waals surface area contributed by atoms with Gasteiger partial charge in [0.2, 0.25) is 5.91 Å². The number of aliphatic carboxylic acids is 1. The molecular formula is C20H31N3O5S. The van der Waals surface area contributed by atoms with E-state index in [-0.39, 0.29) is 40.8 Å². The summed E-state index contributed by atoms with van der Waals surface area (Å²) >= 11 is 1.52. The lowest BCUT2D eigenvalue weighted by Crippen LogP contribution is -2.63. The highest BCUT2D eigenvalue weighted by molar-refractivity contribution is 8.03. The fraction of sp³-hybridized carbons (Fsp3) is 0.800. The predicted octanol–water partition coefficient (Wildman–Crippen LogP) is -0.0357. The van der Waals surface area contributed by atoms with Crippen molar-refractivity contribution in [3.63, 3.8) is 0 Å². The third kappa shape index (κ3) is 3.61. The van der Waals surface area contributed by atoms with E-state index < -0.39 is 24.1 Å². The van der Waals surface area contributed by atoms with Crippen molar-refractivity contribution in [2.45, 2.75) is 62.7 Å². The van der Waals surface area contributed by atoms with Crippen molar-refractivity contribution in [1.82, 2.24) is 15.5 Å². The van der Waals surface area contributed by atoms with E-state index in [1.54, 1.807) is 6.92 Å². The summed E-state index contributed by atoms with van der Waals surface area (Å²) in [6.07, 6.45) is 1.67. The molecule has 8 nitrogen and oxygen atoms in total. The van der Waals surface area contributed by atoms with Crippen LogP contribution in [0.1, 0.15) is 33.1 Å². The van der Waals surface area contributed by atoms with E-state index in [2.05, 4.69) is 10.6 Å². The van der Waals surface area contributed by atoms with Gasteiger partial charge in [0.25, 0.3) is 0 Å². The molecule has 4 rings (SSSR count). The molecule has 0 aliphatic carbocycles. The molecule has 3 fully saturated rings. The zero-order valence-corrected chi connectivity index (χ0v) is 17.7. The zero-order valence-electron chi connectivity index (χ0n) is 16.9. The van der Waals surface area contributed by atoms with E-state index in [1.165, 1.54) is 16.7 Å². The molecule has 0 spiro atoms. The van der Waals surface area contributed by atoms with Crippen molar-refractivity contribution < 1.29 is 24.9 Å². The van der Waals surface area contributed by atoms with Gasteiger partial charge in [0.05, 0.1) is 24.2 Å². The van der Waals surface area contributed by atoms with E-state index in [1.807, 2.05) is 6.92 Å². The van der Waals surface area contributed by atoms with Gasteiger partial charge in [-0.2, -0.15) is 0 Å². The van der Waals surface area contributed by atoms with Crippen LogP contribution in [-0.2, 0) is 9.59 Å². The monoisotopic (exact) mass is 425 g/mol. The number of hydrogen-bond acceptors (Lipinski definition) is 7. The van der Waals surface area contributed by atoms with Crippen LogP contribution in [-0.4, -0.2) is 81.3 Å². The predicted molar refractivity (Wildman–Crippen MR) is 109 cm³/mol. The average molecular weight is 426 g/mol. The lowest BCUT2D eigenvalue weighted by atomic mass is 9.79. The maximum absolute atomic E-state index is 12.5. The first-order valence-electron chi connectivity index (χ1n) is 10.6. The number of aliphatic hydroxyl groups excluding tert-OH is 2.